The van der Waals surface area contributed by atoms with Crippen LogP contribution in [0.5, 0.6) is 11.5 Å². The first-order chi connectivity index (χ1) is 9.65. The number of amides is 1. The van der Waals surface area contributed by atoms with Gasteiger partial charge in [0.15, 0.2) is 11.5 Å². The Kier molecular flexibility index (Phi) is 4.81. The number of carbonyl (C=O) groups is 2. The Balaban J connectivity index is 1.69. The molecule has 1 heterocycles. The second kappa shape index (κ2) is 6.79. The number of carboxylic acid groups (broad SMARTS) is 1. The molecule has 0 aliphatic carbocycles. The molecule has 2 N–H and O–H groups in total. The SMILES string of the molecule is O=C(O)CCCCC(=O)NCc1ccc2c(c1)OCO2. The highest BCUT2D eigenvalue weighted by atomic mass is 16.7. The molecular formula is C14H17NO5. The summed E-state index contributed by atoms with van der Waals surface area (Å²) in [4.78, 5) is 21.9. The fraction of sp³-hybridized carbons (Fsp3) is 0.429. The zero-order valence-electron chi connectivity index (χ0n) is 11.1. The molecule has 0 aromatic heterocycles. The van der Waals surface area contributed by atoms with Crippen LogP contribution in [0.1, 0.15) is 31.2 Å². The Bertz CT molecular complexity index is 500. The Hall–Kier alpha value is -2.24. The molecular weight excluding hydrogens is 262 g/mol. The molecule has 2 rings (SSSR count). The molecule has 0 saturated heterocycles. The van der Waals surface area contributed by atoms with Crippen LogP contribution < -0.4 is 14.8 Å². The van der Waals surface area contributed by atoms with Gasteiger partial charge in [0.1, 0.15) is 0 Å². The van der Waals surface area contributed by atoms with Crippen molar-refractivity contribution in [3.63, 3.8) is 0 Å². The van der Waals surface area contributed by atoms with Crippen LogP contribution in [0.25, 0.3) is 0 Å². The third-order valence-corrected chi connectivity index (χ3v) is 2.97. The van der Waals surface area contributed by atoms with Crippen molar-refractivity contribution in [2.75, 3.05) is 6.79 Å². The maximum absolute atomic E-state index is 11.6. The standard InChI is InChI=1S/C14H17NO5/c16-13(3-1-2-4-14(17)18)15-8-10-5-6-11-12(7-10)20-9-19-11/h5-7H,1-4,8-9H2,(H,15,16)(H,17,18). The van der Waals surface area contributed by atoms with Crippen LogP contribution in [0, 0.1) is 0 Å². The Morgan fingerprint density at radius 2 is 1.90 bits per heavy atom. The van der Waals surface area contributed by atoms with E-state index in [0.717, 1.165) is 5.56 Å². The molecule has 0 spiro atoms. The number of unbranched alkanes of at least 4 members (excludes halogenated alkanes) is 1. The summed E-state index contributed by atoms with van der Waals surface area (Å²) in [7, 11) is 0. The summed E-state index contributed by atoms with van der Waals surface area (Å²) < 4.78 is 10.5. The molecule has 1 amide bonds. The van der Waals surface area contributed by atoms with Crippen molar-refractivity contribution in [2.24, 2.45) is 0 Å². The summed E-state index contributed by atoms with van der Waals surface area (Å²) in [5.41, 5.74) is 0.938. The van der Waals surface area contributed by atoms with Crippen molar-refractivity contribution in [1.29, 1.82) is 0 Å². The zero-order chi connectivity index (χ0) is 14.4. The van der Waals surface area contributed by atoms with Gasteiger partial charge in [-0.3, -0.25) is 9.59 Å². The van der Waals surface area contributed by atoms with Crippen molar-refractivity contribution in [3.8, 4) is 11.5 Å². The number of carbonyl (C=O) groups excluding carboxylic acids is 1. The Morgan fingerprint density at radius 1 is 1.15 bits per heavy atom. The molecule has 6 heteroatoms. The van der Waals surface area contributed by atoms with Crippen LogP contribution in [-0.2, 0) is 16.1 Å². The third-order valence-electron chi connectivity index (χ3n) is 2.97. The van der Waals surface area contributed by atoms with Crippen LogP contribution in [0.15, 0.2) is 18.2 Å². The van der Waals surface area contributed by atoms with Gasteiger partial charge in [-0.05, 0) is 30.5 Å². The van der Waals surface area contributed by atoms with Gasteiger partial charge < -0.3 is 19.9 Å². The highest BCUT2D eigenvalue weighted by Gasteiger charge is 2.13. The molecule has 0 unspecified atom stereocenters. The number of fused-ring (bicyclic) bond motifs is 1. The fourth-order valence-electron chi connectivity index (χ4n) is 1.90. The van der Waals surface area contributed by atoms with Crippen molar-refractivity contribution < 1.29 is 24.2 Å². The molecule has 1 aliphatic rings. The molecule has 1 aliphatic heterocycles. The number of aliphatic carboxylic acids is 1. The van der Waals surface area contributed by atoms with Gasteiger partial charge in [-0.1, -0.05) is 6.07 Å². The second-order valence-corrected chi connectivity index (χ2v) is 4.57. The van der Waals surface area contributed by atoms with Gasteiger partial charge in [0.05, 0.1) is 0 Å². The van der Waals surface area contributed by atoms with Gasteiger partial charge in [0.2, 0.25) is 12.7 Å². The zero-order valence-corrected chi connectivity index (χ0v) is 11.1. The van der Waals surface area contributed by atoms with E-state index < -0.39 is 5.97 Å². The lowest BCUT2D eigenvalue weighted by atomic mass is 10.1. The van der Waals surface area contributed by atoms with E-state index >= 15 is 0 Å². The number of hydrogen-bond acceptors (Lipinski definition) is 4. The van der Waals surface area contributed by atoms with Crippen LogP contribution in [-0.4, -0.2) is 23.8 Å². The van der Waals surface area contributed by atoms with Gasteiger partial charge in [0.25, 0.3) is 0 Å². The van der Waals surface area contributed by atoms with Crippen LogP contribution >= 0.6 is 0 Å². The smallest absolute Gasteiger partial charge is 0.303 e. The quantitative estimate of drug-likeness (QED) is 0.742. The van der Waals surface area contributed by atoms with E-state index in [1.165, 1.54) is 0 Å². The highest BCUT2D eigenvalue weighted by Crippen LogP contribution is 2.32. The molecule has 1 aromatic rings. The summed E-state index contributed by atoms with van der Waals surface area (Å²) >= 11 is 0. The topological polar surface area (TPSA) is 84.9 Å². The second-order valence-electron chi connectivity index (χ2n) is 4.57. The summed E-state index contributed by atoms with van der Waals surface area (Å²) in [6.45, 7) is 0.656. The molecule has 0 radical (unpaired) electrons. The van der Waals surface area contributed by atoms with E-state index in [2.05, 4.69) is 5.32 Å². The average molecular weight is 279 g/mol. The fourth-order valence-corrected chi connectivity index (χ4v) is 1.90. The van der Waals surface area contributed by atoms with Crippen LogP contribution in [0.4, 0.5) is 0 Å². The summed E-state index contributed by atoms with van der Waals surface area (Å²) in [6.07, 6.45) is 1.55. The minimum atomic E-state index is -0.828. The molecule has 0 atom stereocenters. The lowest BCUT2D eigenvalue weighted by Gasteiger charge is -2.06. The number of benzene rings is 1. The molecule has 0 saturated carbocycles. The van der Waals surface area contributed by atoms with Gasteiger partial charge in [-0.25, -0.2) is 0 Å². The average Bonchev–Trinajstić information content (AvgIpc) is 2.88. The van der Waals surface area contributed by atoms with Crippen molar-refractivity contribution in [3.05, 3.63) is 23.8 Å². The summed E-state index contributed by atoms with van der Waals surface area (Å²) in [5.74, 6) is 0.505. The predicted molar refractivity (Wildman–Crippen MR) is 70.5 cm³/mol. The maximum Gasteiger partial charge on any atom is 0.303 e. The highest BCUT2D eigenvalue weighted by molar-refractivity contribution is 5.76. The monoisotopic (exact) mass is 279 g/mol. The molecule has 0 fully saturated rings. The number of carboxylic acids is 1. The van der Waals surface area contributed by atoms with Gasteiger partial charge in [0, 0.05) is 19.4 Å². The summed E-state index contributed by atoms with van der Waals surface area (Å²) in [6, 6.07) is 5.53. The van der Waals surface area contributed by atoms with Gasteiger partial charge in [-0.15, -0.1) is 0 Å². The molecule has 6 nitrogen and oxygen atoms in total. The number of rotatable bonds is 7. The van der Waals surface area contributed by atoms with E-state index in [1.807, 2.05) is 18.2 Å². The van der Waals surface area contributed by atoms with Crippen molar-refractivity contribution >= 4 is 11.9 Å². The van der Waals surface area contributed by atoms with Crippen LogP contribution in [0.2, 0.25) is 0 Å². The Labute approximate surface area is 116 Å². The van der Waals surface area contributed by atoms with Gasteiger partial charge in [-0.2, -0.15) is 0 Å². The molecule has 0 bridgehead atoms. The predicted octanol–water partition coefficient (Wildman–Crippen LogP) is 1.68. The molecule has 108 valence electrons. The first kappa shape index (κ1) is 14.2. The van der Waals surface area contributed by atoms with Crippen molar-refractivity contribution in [1.82, 2.24) is 5.32 Å². The van der Waals surface area contributed by atoms with Crippen molar-refractivity contribution in [2.45, 2.75) is 32.2 Å². The van der Waals surface area contributed by atoms with Crippen LogP contribution in [0.3, 0.4) is 0 Å². The number of ether oxygens (including phenoxy) is 2. The van der Waals surface area contributed by atoms with Gasteiger partial charge >= 0.3 is 5.97 Å². The first-order valence-electron chi connectivity index (χ1n) is 6.52. The van der Waals surface area contributed by atoms with E-state index in [1.54, 1.807) is 0 Å². The molecule has 20 heavy (non-hydrogen) atoms. The lowest BCUT2D eigenvalue weighted by Crippen LogP contribution is -2.22. The lowest BCUT2D eigenvalue weighted by molar-refractivity contribution is -0.137. The van der Waals surface area contributed by atoms with E-state index in [-0.39, 0.29) is 19.1 Å². The number of hydrogen-bond donors (Lipinski definition) is 2. The minimum Gasteiger partial charge on any atom is -0.481 e. The number of nitrogens with one attached hydrogen (secondary N) is 1. The summed E-state index contributed by atoms with van der Waals surface area (Å²) in [5, 5.41) is 11.3. The minimum absolute atomic E-state index is 0.0759. The normalized spacial score (nSPS) is 12.2. The Morgan fingerprint density at radius 3 is 2.70 bits per heavy atom. The first-order valence-corrected chi connectivity index (χ1v) is 6.52. The van der Waals surface area contributed by atoms with E-state index in [9.17, 15) is 9.59 Å². The molecule has 1 aromatic carbocycles. The van der Waals surface area contributed by atoms with E-state index in [4.69, 9.17) is 14.6 Å². The maximum atomic E-state index is 11.6. The largest absolute Gasteiger partial charge is 0.481 e. The van der Waals surface area contributed by atoms with E-state index in [0.29, 0.717) is 37.3 Å². The third kappa shape index (κ3) is 4.15.